The molecule has 2 heterocycles. The number of carbonyl (C=O) groups is 2. The lowest BCUT2D eigenvalue weighted by atomic mass is 9.90. The molecule has 9 heteroatoms. The van der Waals surface area contributed by atoms with Gasteiger partial charge in [0.2, 0.25) is 0 Å². The van der Waals surface area contributed by atoms with Crippen molar-refractivity contribution in [2.24, 2.45) is 0 Å². The van der Waals surface area contributed by atoms with Crippen LogP contribution in [0.15, 0.2) is 59.8 Å². The molecule has 0 radical (unpaired) electrons. The van der Waals surface area contributed by atoms with Gasteiger partial charge in [0, 0.05) is 22.9 Å². The first-order chi connectivity index (χ1) is 17.9. The number of hydrogen-bond donors (Lipinski definition) is 2. The van der Waals surface area contributed by atoms with Crippen molar-refractivity contribution in [2.45, 2.75) is 56.0 Å². The number of pyridine rings is 1. The number of phenols is 1. The molecule has 1 aliphatic carbocycles. The molecule has 2 N–H and O–H groups in total. The average Bonchev–Trinajstić information content (AvgIpc) is 3.35. The van der Waals surface area contributed by atoms with Crippen molar-refractivity contribution in [3.63, 3.8) is 0 Å². The van der Waals surface area contributed by atoms with Crippen LogP contribution in [0.5, 0.6) is 11.5 Å². The number of aromatic hydroxyl groups is 1. The highest BCUT2D eigenvalue weighted by molar-refractivity contribution is 7.99. The molecule has 5 rings (SSSR count). The quantitative estimate of drug-likeness (QED) is 0.441. The van der Waals surface area contributed by atoms with Gasteiger partial charge < -0.3 is 15.3 Å². The van der Waals surface area contributed by atoms with E-state index in [1.165, 1.54) is 16.8 Å². The molecule has 2 aliphatic rings. The summed E-state index contributed by atoms with van der Waals surface area (Å²) in [6.07, 6.45) is 5.81. The van der Waals surface area contributed by atoms with E-state index < -0.39 is 11.7 Å². The fourth-order valence-electron chi connectivity index (χ4n) is 4.81. The van der Waals surface area contributed by atoms with E-state index >= 15 is 0 Å². The molecule has 192 valence electrons. The molecular weight excluding hydrogens is 493 g/mol. The Morgan fingerprint density at radius 1 is 1.11 bits per heavy atom. The van der Waals surface area contributed by atoms with Crippen LogP contribution in [0, 0.1) is 12.7 Å². The molecular formula is C28H28FN3O4S. The molecule has 7 nitrogen and oxygen atoms in total. The first-order valence-electron chi connectivity index (χ1n) is 12.4. The average molecular weight is 522 g/mol. The Hall–Kier alpha value is -3.59. The number of phenolic OH excluding ortho intramolecular Hbond substituents is 1. The van der Waals surface area contributed by atoms with E-state index in [9.17, 15) is 19.1 Å². The SMILES string of the molecule is Cc1ccc(C(=O)NC2CCC(N(Oc3ccc4c(c3)SCC4)C(=O)c3cncc(F)c3)CC2)c(O)c1. The van der Waals surface area contributed by atoms with Crippen molar-refractivity contribution in [1.82, 2.24) is 15.4 Å². The number of aromatic nitrogens is 1. The summed E-state index contributed by atoms with van der Waals surface area (Å²) in [6.45, 7) is 1.85. The molecule has 1 aliphatic heterocycles. The summed E-state index contributed by atoms with van der Waals surface area (Å²) in [5.41, 5.74) is 2.48. The minimum atomic E-state index is -0.592. The van der Waals surface area contributed by atoms with Crippen molar-refractivity contribution >= 4 is 23.6 Å². The van der Waals surface area contributed by atoms with Crippen LogP contribution in [0.25, 0.3) is 0 Å². The van der Waals surface area contributed by atoms with Gasteiger partial charge in [-0.15, -0.1) is 11.8 Å². The van der Waals surface area contributed by atoms with Gasteiger partial charge in [0.25, 0.3) is 11.8 Å². The Labute approximate surface area is 219 Å². The van der Waals surface area contributed by atoms with Gasteiger partial charge >= 0.3 is 0 Å². The van der Waals surface area contributed by atoms with Crippen LogP contribution in [0.4, 0.5) is 4.39 Å². The van der Waals surface area contributed by atoms with Gasteiger partial charge in [-0.3, -0.25) is 14.6 Å². The van der Waals surface area contributed by atoms with Gasteiger partial charge in [0.1, 0.15) is 11.6 Å². The van der Waals surface area contributed by atoms with Gasteiger partial charge in [-0.25, -0.2) is 4.39 Å². The highest BCUT2D eigenvalue weighted by Crippen LogP contribution is 2.35. The minimum Gasteiger partial charge on any atom is -0.507 e. The summed E-state index contributed by atoms with van der Waals surface area (Å²) < 4.78 is 13.8. The number of hydrogen-bond acceptors (Lipinski definition) is 6. The number of nitrogens with one attached hydrogen (secondary N) is 1. The third-order valence-corrected chi connectivity index (χ3v) is 7.88. The molecule has 2 aromatic carbocycles. The highest BCUT2D eigenvalue weighted by Gasteiger charge is 2.33. The maximum absolute atomic E-state index is 13.8. The van der Waals surface area contributed by atoms with Crippen LogP contribution in [0.1, 0.15) is 57.5 Å². The van der Waals surface area contributed by atoms with Crippen LogP contribution < -0.4 is 10.2 Å². The van der Waals surface area contributed by atoms with E-state index in [1.54, 1.807) is 30.0 Å². The summed E-state index contributed by atoms with van der Waals surface area (Å²) in [7, 11) is 0. The van der Waals surface area contributed by atoms with E-state index in [2.05, 4.69) is 10.3 Å². The maximum atomic E-state index is 13.8. The zero-order chi connectivity index (χ0) is 25.9. The standard InChI is InChI=1S/C28H28FN3O4S/c1-17-2-9-24(25(33)12-17)27(34)31-21-4-6-22(7-5-21)32(28(35)19-13-20(29)16-30-15-19)36-23-8-3-18-10-11-37-26(18)14-23/h2-3,8-9,12-16,21-22,33H,4-7,10-11H2,1H3,(H,31,34). The first kappa shape index (κ1) is 25.1. The fourth-order valence-corrected chi connectivity index (χ4v) is 5.90. The van der Waals surface area contributed by atoms with Gasteiger partial charge in [-0.2, -0.15) is 5.06 Å². The molecule has 1 fully saturated rings. The summed E-state index contributed by atoms with van der Waals surface area (Å²) in [5, 5.41) is 14.5. The number of benzene rings is 2. The van der Waals surface area contributed by atoms with Crippen molar-refractivity contribution in [3.05, 3.63) is 82.9 Å². The minimum absolute atomic E-state index is 0.0485. The second-order valence-electron chi connectivity index (χ2n) is 9.48. The van der Waals surface area contributed by atoms with Crippen LogP contribution in [-0.4, -0.2) is 44.8 Å². The topological polar surface area (TPSA) is 91.8 Å². The van der Waals surface area contributed by atoms with Crippen LogP contribution in [-0.2, 0) is 6.42 Å². The second-order valence-corrected chi connectivity index (χ2v) is 10.6. The number of nitrogens with zero attached hydrogens (tertiary/aromatic N) is 2. The molecule has 1 saturated carbocycles. The summed E-state index contributed by atoms with van der Waals surface area (Å²) in [4.78, 5) is 37.3. The number of amides is 2. The molecule has 37 heavy (non-hydrogen) atoms. The van der Waals surface area contributed by atoms with Crippen molar-refractivity contribution in [1.29, 1.82) is 0 Å². The number of rotatable bonds is 6. The third-order valence-electron chi connectivity index (χ3n) is 6.78. The molecule has 0 saturated heterocycles. The lowest BCUT2D eigenvalue weighted by Gasteiger charge is -2.36. The highest BCUT2D eigenvalue weighted by atomic mass is 32.2. The molecule has 0 atom stereocenters. The number of carbonyl (C=O) groups excluding carboxylic acids is 2. The van der Waals surface area contributed by atoms with Crippen molar-refractivity contribution < 1.29 is 23.9 Å². The summed E-state index contributed by atoms with van der Waals surface area (Å²) in [6, 6.07) is 11.6. The monoisotopic (exact) mass is 521 g/mol. The summed E-state index contributed by atoms with van der Waals surface area (Å²) >= 11 is 1.76. The van der Waals surface area contributed by atoms with Crippen LogP contribution in [0.2, 0.25) is 0 Å². The molecule has 3 aromatic rings. The van der Waals surface area contributed by atoms with Crippen molar-refractivity contribution in [2.75, 3.05) is 5.75 Å². The summed E-state index contributed by atoms with van der Waals surface area (Å²) in [5.74, 6) is 0.144. The predicted octanol–water partition coefficient (Wildman–Crippen LogP) is 5.06. The number of aryl methyl sites for hydroxylation is 2. The Kier molecular flexibility index (Phi) is 7.32. The van der Waals surface area contributed by atoms with Gasteiger partial charge in [-0.1, -0.05) is 12.1 Å². The zero-order valence-corrected chi connectivity index (χ0v) is 21.3. The Morgan fingerprint density at radius 3 is 2.68 bits per heavy atom. The van der Waals surface area contributed by atoms with Gasteiger partial charge in [-0.05, 0) is 80.5 Å². The smallest absolute Gasteiger partial charge is 0.288 e. The largest absolute Gasteiger partial charge is 0.507 e. The lowest BCUT2D eigenvalue weighted by Crippen LogP contribution is -2.47. The second kappa shape index (κ2) is 10.8. The maximum Gasteiger partial charge on any atom is 0.288 e. The Bertz CT molecular complexity index is 1330. The fraction of sp³-hybridized carbons (Fsp3) is 0.321. The van der Waals surface area contributed by atoms with E-state index in [0.717, 1.165) is 34.9 Å². The molecule has 1 aromatic heterocycles. The molecule has 2 amide bonds. The number of halogens is 1. The van der Waals surface area contributed by atoms with E-state index in [1.807, 2.05) is 25.1 Å². The van der Waals surface area contributed by atoms with Crippen LogP contribution in [0.3, 0.4) is 0 Å². The normalized spacial score (nSPS) is 18.6. The van der Waals surface area contributed by atoms with Crippen molar-refractivity contribution in [3.8, 4) is 11.5 Å². The Morgan fingerprint density at radius 2 is 1.92 bits per heavy atom. The molecule has 0 unspecified atom stereocenters. The molecule has 0 bridgehead atoms. The van der Waals surface area contributed by atoms with E-state index in [4.69, 9.17) is 4.84 Å². The zero-order valence-electron chi connectivity index (χ0n) is 20.4. The van der Waals surface area contributed by atoms with Crippen LogP contribution >= 0.6 is 11.8 Å². The predicted molar refractivity (Wildman–Crippen MR) is 138 cm³/mol. The lowest BCUT2D eigenvalue weighted by molar-refractivity contribution is -0.0727. The van der Waals surface area contributed by atoms with Gasteiger partial charge in [0.05, 0.1) is 23.4 Å². The number of fused-ring (bicyclic) bond motifs is 1. The third kappa shape index (κ3) is 5.72. The molecule has 0 spiro atoms. The van der Waals surface area contributed by atoms with E-state index in [0.29, 0.717) is 31.4 Å². The first-order valence-corrected chi connectivity index (χ1v) is 13.3. The number of thioether (sulfide) groups is 1. The Balaban J connectivity index is 1.30. The number of hydroxylamine groups is 2. The van der Waals surface area contributed by atoms with E-state index in [-0.39, 0.29) is 34.9 Å². The van der Waals surface area contributed by atoms with Gasteiger partial charge in [0.15, 0.2) is 5.75 Å².